The number of halogens is 6. The van der Waals surface area contributed by atoms with E-state index in [0.717, 1.165) is 0 Å². The lowest BCUT2D eigenvalue weighted by Crippen LogP contribution is -2.20. The minimum Gasteiger partial charge on any atom is -0.455 e. The van der Waals surface area contributed by atoms with E-state index in [9.17, 15) is 26.3 Å². The van der Waals surface area contributed by atoms with Gasteiger partial charge >= 0.3 is 12.4 Å². The Morgan fingerprint density at radius 1 is 0.783 bits per heavy atom. The van der Waals surface area contributed by atoms with Crippen molar-refractivity contribution >= 4 is 11.4 Å². The number of alkyl halides is 6. The minimum absolute atomic E-state index is 0.103. The van der Waals surface area contributed by atoms with Gasteiger partial charge in [-0.1, -0.05) is 18.2 Å². The van der Waals surface area contributed by atoms with Crippen molar-refractivity contribution in [1.82, 2.24) is 0 Å². The Morgan fingerprint density at radius 2 is 1.35 bits per heavy atom. The van der Waals surface area contributed by atoms with E-state index in [2.05, 4.69) is 0 Å². The molecule has 124 valence electrons. The molecule has 0 saturated heterocycles. The van der Waals surface area contributed by atoms with Gasteiger partial charge in [-0.15, -0.1) is 0 Å². The molecule has 0 aliphatic rings. The zero-order chi connectivity index (χ0) is 17.4. The van der Waals surface area contributed by atoms with E-state index in [4.69, 9.17) is 16.2 Å². The highest BCUT2D eigenvalue weighted by Crippen LogP contribution is 2.48. The average Bonchev–Trinajstić information content (AvgIpc) is 2.42. The standard InChI is InChI=1S/C14H10F6N2O/c15-13(16,17)8-6-9(23-7-4-2-1-3-5-7)11(21)12(22)10(8)14(18,19)20/h1-6H,21-22H2. The van der Waals surface area contributed by atoms with Crippen LogP contribution in [0.15, 0.2) is 36.4 Å². The molecule has 2 aromatic rings. The molecule has 3 nitrogen and oxygen atoms in total. The average molecular weight is 336 g/mol. The Morgan fingerprint density at radius 3 is 1.83 bits per heavy atom. The molecule has 0 heterocycles. The normalized spacial score (nSPS) is 12.3. The van der Waals surface area contributed by atoms with Gasteiger partial charge < -0.3 is 16.2 Å². The summed E-state index contributed by atoms with van der Waals surface area (Å²) >= 11 is 0. The SMILES string of the molecule is Nc1c(Oc2ccccc2)cc(C(F)(F)F)c(C(F)(F)F)c1N. The first kappa shape index (κ1) is 16.8. The van der Waals surface area contributed by atoms with Crippen molar-refractivity contribution in [2.75, 3.05) is 11.5 Å². The molecule has 0 fully saturated rings. The third-order valence-corrected chi connectivity index (χ3v) is 2.93. The van der Waals surface area contributed by atoms with Gasteiger partial charge in [0.25, 0.3) is 0 Å². The second-order valence-electron chi connectivity index (χ2n) is 4.54. The molecule has 0 amide bonds. The Balaban J connectivity index is 2.65. The van der Waals surface area contributed by atoms with Crippen molar-refractivity contribution in [3.63, 3.8) is 0 Å². The topological polar surface area (TPSA) is 61.3 Å². The third-order valence-electron chi connectivity index (χ3n) is 2.93. The van der Waals surface area contributed by atoms with Gasteiger partial charge in [0.15, 0.2) is 5.75 Å². The van der Waals surface area contributed by atoms with Crippen LogP contribution in [0.3, 0.4) is 0 Å². The van der Waals surface area contributed by atoms with Crippen LogP contribution in [-0.4, -0.2) is 0 Å². The van der Waals surface area contributed by atoms with E-state index in [1.807, 2.05) is 0 Å². The van der Waals surface area contributed by atoms with E-state index in [-0.39, 0.29) is 11.8 Å². The lowest BCUT2D eigenvalue weighted by atomic mass is 10.0. The van der Waals surface area contributed by atoms with Crippen LogP contribution in [0.25, 0.3) is 0 Å². The van der Waals surface area contributed by atoms with Gasteiger partial charge in [0.05, 0.1) is 22.5 Å². The molecular weight excluding hydrogens is 326 g/mol. The van der Waals surface area contributed by atoms with Crippen LogP contribution in [0.1, 0.15) is 11.1 Å². The summed E-state index contributed by atoms with van der Waals surface area (Å²) in [5, 5.41) is 0. The highest BCUT2D eigenvalue weighted by Gasteiger charge is 2.46. The molecule has 23 heavy (non-hydrogen) atoms. The summed E-state index contributed by atoms with van der Waals surface area (Å²) in [6.45, 7) is 0. The monoisotopic (exact) mass is 336 g/mol. The largest absolute Gasteiger partial charge is 0.455 e. The fraction of sp³-hybridized carbons (Fsp3) is 0.143. The summed E-state index contributed by atoms with van der Waals surface area (Å²) in [6, 6.07) is 7.69. The first-order valence-electron chi connectivity index (χ1n) is 6.11. The minimum atomic E-state index is -5.31. The first-order chi connectivity index (χ1) is 10.5. The molecule has 2 rings (SSSR count). The molecule has 0 spiro atoms. The van der Waals surface area contributed by atoms with Crippen LogP contribution in [-0.2, 0) is 12.4 Å². The quantitative estimate of drug-likeness (QED) is 0.618. The number of nitrogens with two attached hydrogens (primary N) is 2. The van der Waals surface area contributed by atoms with Crippen LogP contribution < -0.4 is 16.2 Å². The summed E-state index contributed by atoms with van der Waals surface area (Å²) in [6.07, 6.45) is -10.6. The number of hydrogen-bond acceptors (Lipinski definition) is 3. The van der Waals surface area contributed by atoms with E-state index in [0.29, 0.717) is 0 Å². The Hall–Kier alpha value is -2.58. The predicted molar refractivity (Wildman–Crippen MR) is 71.8 cm³/mol. The molecule has 0 aromatic heterocycles. The van der Waals surface area contributed by atoms with E-state index >= 15 is 0 Å². The smallest absolute Gasteiger partial charge is 0.419 e. The second kappa shape index (κ2) is 5.56. The molecular formula is C14H10F6N2O. The van der Waals surface area contributed by atoms with Gasteiger partial charge in [-0.25, -0.2) is 0 Å². The number of para-hydroxylation sites is 1. The van der Waals surface area contributed by atoms with Crippen LogP contribution in [0.5, 0.6) is 11.5 Å². The second-order valence-corrected chi connectivity index (χ2v) is 4.54. The fourth-order valence-electron chi connectivity index (χ4n) is 1.92. The maximum Gasteiger partial charge on any atom is 0.419 e. The molecule has 0 aliphatic heterocycles. The van der Waals surface area contributed by atoms with Gasteiger partial charge in [-0.05, 0) is 18.2 Å². The maximum atomic E-state index is 13.0. The summed E-state index contributed by atoms with van der Waals surface area (Å²) in [5.41, 5.74) is 4.70. The van der Waals surface area contributed by atoms with E-state index < -0.39 is 40.6 Å². The summed E-state index contributed by atoms with van der Waals surface area (Å²) in [7, 11) is 0. The molecule has 0 radical (unpaired) electrons. The highest BCUT2D eigenvalue weighted by atomic mass is 19.4. The summed E-state index contributed by atoms with van der Waals surface area (Å²) in [5.74, 6) is -0.500. The molecule has 0 atom stereocenters. The third kappa shape index (κ3) is 3.43. The van der Waals surface area contributed by atoms with Crippen LogP contribution in [0.2, 0.25) is 0 Å². The summed E-state index contributed by atoms with van der Waals surface area (Å²) < 4.78 is 82.7. The summed E-state index contributed by atoms with van der Waals surface area (Å²) in [4.78, 5) is 0. The molecule has 0 saturated carbocycles. The van der Waals surface area contributed by atoms with Gasteiger partial charge in [-0.3, -0.25) is 0 Å². The first-order valence-corrected chi connectivity index (χ1v) is 6.11. The Bertz CT molecular complexity index is 710. The number of benzene rings is 2. The van der Waals surface area contributed by atoms with Gasteiger partial charge in [0.1, 0.15) is 5.75 Å². The zero-order valence-electron chi connectivity index (χ0n) is 11.3. The van der Waals surface area contributed by atoms with Crippen molar-refractivity contribution in [2.24, 2.45) is 0 Å². The predicted octanol–water partition coefficient (Wildman–Crippen LogP) is 4.68. The van der Waals surface area contributed by atoms with Crippen molar-refractivity contribution < 1.29 is 31.1 Å². The van der Waals surface area contributed by atoms with E-state index in [1.165, 1.54) is 24.3 Å². The Labute approximate surface area is 126 Å². The van der Waals surface area contributed by atoms with Crippen LogP contribution >= 0.6 is 0 Å². The number of anilines is 2. The maximum absolute atomic E-state index is 13.0. The van der Waals surface area contributed by atoms with Crippen molar-refractivity contribution in [2.45, 2.75) is 12.4 Å². The molecule has 0 bridgehead atoms. The van der Waals surface area contributed by atoms with Gasteiger partial charge in [0.2, 0.25) is 0 Å². The fourth-order valence-corrected chi connectivity index (χ4v) is 1.92. The molecule has 0 unspecified atom stereocenters. The molecule has 2 aromatic carbocycles. The van der Waals surface area contributed by atoms with Gasteiger partial charge in [0, 0.05) is 0 Å². The molecule has 9 heteroatoms. The van der Waals surface area contributed by atoms with Gasteiger partial charge in [-0.2, -0.15) is 26.3 Å². The number of nitrogen functional groups attached to an aromatic ring is 2. The number of rotatable bonds is 2. The highest BCUT2D eigenvalue weighted by molar-refractivity contribution is 5.77. The Kier molecular flexibility index (Phi) is 4.06. The van der Waals surface area contributed by atoms with Crippen molar-refractivity contribution in [1.29, 1.82) is 0 Å². The van der Waals surface area contributed by atoms with Crippen LogP contribution in [0, 0.1) is 0 Å². The number of ether oxygens (including phenoxy) is 1. The zero-order valence-corrected chi connectivity index (χ0v) is 11.3. The van der Waals surface area contributed by atoms with Crippen molar-refractivity contribution in [3.8, 4) is 11.5 Å². The lowest BCUT2D eigenvalue weighted by molar-refractivity contribution is -0.161. The van der Waals surface area contributed by atoms with Crippen molar-refractivity contribution in [3.05, 3.63) is 47.5 Å². The van der Waals surface area contributed by atoms with Crippen LogP contribution in [0.4, 0.5) is 37.7 Å². The molecule has 0 aliphatic carbocycles. The number of hydrogen-bond donors (Lipinski definition) is 2. The lowest BCUT2D eigenvalue weighted by Gasteiger charge is -2.21. The van der Waals surface area contributed by atoms with E-state index in [1.54, 1.807) is 6.07 Å². The molecule has 4 N–H and O–H groups in total.